The van der Waals surface area contributed by atoms with E-state index in [4.69, 9.17) is 9.15 Å². The van der Waals surface area contributed by atoms with Crippen LogP contribution in [0.1, 0.15) is 23.2 Å². The fourth-order valence-electron chi connectivity index (χ4n) is 2.81. The lowest BCUT2D eigenvalue weighted by Crippen LogP contribution is -2.09. The molecule has 0 atom stereocenters. The summed E-state index contributed by atoms with van der Waals surface area (Å²) in [6.07, 6.45) is 1.73. The van der Waals surface area contributed by atoms with E-state index in [1.807, 2.05) is 59.2 Å². The Hall–Kier alpha value is -3.41. The molecule has 0 amide bonds. The second-order valence-electron chi connectivity index (χ2n) is 5.74. The standard InChI is InChI=1S/C20H17N3O3/c1-2-25-20(24)18-17(26-19(22-18)14-8-4-3-5-9-14)12-23-13-21-15-10-6-7-11-16(15)23/h3-11,13H,2,12H2,1H3. The van der Waals surface area contributed by atoms with E-state index >= 15 is 0 Å². The van der Waals surface area contributed by atoms with E-state index in [1.165, 1.54) is 0 Å². The van der Waals surface area contributed by atoms with E-state index in [0.717, 1.165) is 16.6 Å². The van der Waals surface area contributed by atoms with E-state index < -0.39 is 5.97 Å². The largest absolute Gasteiger partial charge is 0.461 e. The normalized spacial score (nSPS) is 11.0. The van der Waals surface area contributed by atoms with Gasteiger partial charge in [-0.2, -0.15) is 0 Å². The molecule has 0 saturated heterocycles. The minimum atomic E-state index is -0.488. The van der Waals surface area contributed by atoms with Gasteiger partial charge in [-0.3, -0.25) is 0 Å². The van der Waals surface area contributed by atoms with Gasteiger partial charge in [0.15, 0.2) is 11.5 Å². The van der Waals surface area contributed by atoms with E-state index in [-0.39, 0.29) is 12.3 Å². The molecule has 6 nitrogen and oxygen atoms in total. The molecule has 130 valence electrons. The van der Waals surface area contributed by atoms with Crippen molar-refractivity contribution in [3.63, 3.8) is 0 Å². The van der Waals surface area contributed by atoms with Crippen LogP contribution in [-0.2, 0) is 11.3 Å². The maximum absolute atomic E-state index is 12.3. The topological polar surface area (TPSA) is 70.2 Å². The van der Waals surface area contributed by atoms with E-state index in [9.17, 15) is 4.79 Å². The van der Waals surface area contributed by atoms with Gasteiger partial charge in [-0.25, -0.2) is 14.8 Å². The molecule has 0 bridgehead atoms. The summed E-state index contributed by atoms with van der Waals surface area (Å²) in [7, 11) is 0. The van der Waals surface area contributed by atoms with Crippen molar-refractivity contribution in [1.29, 1.82) is 0 Å². The average Bonchev–Trinajstić information content (AvgIpc) is 3.28. The highest BCUT2D eigenvalue weighted by molar-refractivity contribution is 5.89. The predicted octanol–water partition coefficient (Wildman–Crippen LogP) is 3.92. The molecule has 0 aliphatic rings. The van der Waals surface area contributed by atoms with Crippen molar-refractivity contribution >= 4 is 17.0 Å². The zero-order chi connectivity index (χ0) is 17.9. The Bertz CT molecular complexity index is 1050. The molecule has 2 heterocycles. The monoisotopic (exact) mass is 347 g/mol. The molecule has 4 aromatic rings. The van der Waals surface area contributed by atoms with Gasteiger partial charge in [0.2, 0.25) is 5.89 Å². The number of carbonyl (C=O) groups excluding carboxylic acids is 1. The van der Waals surface area contributed by atoms with Crippen molar-refractivity contribution in [2.45, 2.75) is 13.5 Å². The summed E-state index contributed by atoms with van der Waals surface area (Å²) in [5.41, 5.74) is 2.84. The molecule has 0 aliphatic heterocycles. The Morgan fingerprint density at radius 2 is 1.88 bits per heavy atom. The third-order valence-electron chi connectivity index (χ3n) is 4.03. The highest BCUT2D eigenvalue weighted by Gasteiger charge is 2.22. The lowest BCUT2D eigenvalue weighted by Gasteiger charge is -2.03. The molecule has 6 heteroatoms. The molecular formula is C20H17N3O3. The number of aromatic nitrogens is 3. The van der Waals surface area contributed by atoms with Gasteiger partial charge in [-0.05, 0) is 31.2 Å². The maximum Gasteiger partial charge on any atom is 0.360 e. The number of hydrogen-bond donors (Lipinski definition) is 0. The SMILES string of the molecule is CCOC(=O)c1nc(-c2ccccc2)oc1Cn1cnc2ccccc21. The van der Waals surface area contributed by atoms with Gasteiger partial charge in [0, 0.05) is 5.56 Å². The van der Waals surface area contributed by atoms with E-state index in [0.29, 0.717) is 18.2 Å². The molecule has 0 saturated carbocycles. The number of benzene rings is 2. The average molecular weight is 347 g/mol. The second-order valence-corrected chi connectivity index (χ2v) is 5.74. The molecule has 2 aromatic heterocycles. The van der Waals surface area contributed by atoms with Crippen molar-refractivity contribution in [1.82, 2.24) is 14.5 Å². The van der Waals surface area contributed by atoms with Crippen LogP contribution in [0.2, 0.25) is 0 Å². The first kappa shape index (κ1) is 16.1. The van der Waals surface area contributed by atoms with Crippen LogP contribution in [0.25, 0.3) is 22.5 Å². The molecule has 0 radical (unpaired) electrons. The van der Waals surface area contributed by atoms with Gasteiger partial charge in [-0.1, -0.05) is 30.3 Å². The highest BCUT2D eigenvalue weighted by Crippen LogP contribution is 2.24. The zero-order valence-corrected chi connectivity index (χ0v) is 14.3. The quantitative estimate of drug-likeness (QED) is 0.512. The third kappa shape index (κ3) is 2.97. The van der Waals surface area contributed by atoms with E-state index in [1.54, 1.807) is 13.3 Å². The Balaban J connectivity index is 1.76. The van der Waals surface area contributed by atoms with Gasteiger partial charge in [0.05, 0.1) is 30.5 Å². The summed E-state index contributed by atoms with van der Waals surface area (Å²) in [5.74, 6) is 0.358. The zero-order valence-electron chi connectivity index (χ0n) is 14.3. The highest BCUT2D eigenvalue weighted by atomic mass is 16.5. The summed E-state index contributed by atoms with van der Waals surface area (Å²) in [6, 6.07) is 17.3. The van der Waals surface area contributed by atoms with Crippen LogP contribution < -0.4 is 0 Å². The number of carbonyl (C=O) groups is 1. The smallest absolute Gasteiger partial charge is 0.360 e. The number of oxazole rings is 1. The lowest BCUT2D eigenvalue weighted by atomic mass is 10.2. The number of nitrogens with zero attached hydrogens (tertiary/aromatic N) is 3. The summed E-state index contributed by atoms with van der Waals surface area (Å²) >= 11 is 0. The second kappa shape index (κ2) is 6.84. The Kier molecular flexibility index (Phi) is 4.23. The van der Waals surface area contributed by atoms with Gasteiger partial charge < -0.3 is 13.7 Å². The molecule has 26 heavy (non-hydrogen) atoms. The molecular weight excluding hydrogens is 330 g/mol. The Morgan fingerprint density at radius 1 is 1.12 bits per heavy atom. The van der Waals surface area contributed by atoms with Crippen molar-refractivity contribution in [3.05, 3.63) is 72.4 Å². The summed E-state index contributed by atoms with van der Waals surface area (Å²) in [6.45, 7) is 2.38. The Morgan fingerprint density at radius 3 is 2.69 bits per heavy atom. The van der Waals surface area contributed by atoms with Crippen molar-refractivity contribution in [2.24, 2.45) is 0 Å². The number of hydrogen-bond acceptors (Lipinski definition) is 5. The third-order valence-corrected chi connectivity index (χ3v) is 4.03. The van der Waals surface area contributed by atoms with Crippen LogP contribution in [-0.4, -0.2) is 27.1 Å². The van der Waals surface area contributed by atoms with E-state index in [2.05, 4.69) is 9.97 Å². The summed E-state index contributed by atoms with van der Waals surface area (Å²) < 4.78 is 13.0. The first-order valence-corrected chi connectivity index (χ1v) is 8.38. The lowest BCUT2D eigenvalue weighted by molar-refractivity contribution is 0.0517. The number of fused-ring (bicyclic) bond motifs is 1. The maximum atomic E-state index is 12.3. The van der Waals surface area contributed by atoms with Crippen LogP contribution in [0.3, 0.4) is 0 Å². The first-order valence-electron chi connectivity index (χ1n) is 8.38. The summed E-state index contributed by atoms with van der Waals surface area (Å²) in [5, 5.41) is 0. The number of ether oxygens (including phenoxy) is 1. The van der Waals surface area contributed by atoms with Crippen LogP contribution >= 0.6 is 0 Å². The molecule has 0 spiro atoms. The predicted molar refractivity (Wildman–Crippen MR) is 96.7 cm³/mol. The fraction of sp³-hybridized carbons (Fsp3) is 0.150. The molecule has 0 N–H and O–H groups in total. The van der Waals surface area contributed by atoms with Gasteiger partial charge in [-0.15, -0.1) is 0 Å². The molecule has 0 aliphatic carbocycles. The van der Waals surface area contributed by atoms with Crippen LogP contribution in [0.4, 0.5) is 0 Å². The van der Waals surface area contributed by atoms with Crippen molar-refractivity contribution in [2.75, 3.05) is 6.61 Å². The van der Waals surface area contributed by atoms with Gasteiger partial charge >= 0.3 is 5.97 Å². The van der Waals surface area contributed by atoms with Crippen molar-refractivity contribution in [3.8, 4) is 11.5 Å². The van der Waals surface area contributed by atoms with Crippen molar-refractivity contribution < 1.29 is 13.9 Å². The number of para-hydroxylation sites is 2. The number of imidazole rings is 1. The van der Waals surface area contributed by atoms with Crippen LogP contribution in [0.15, 0.2) is 65.3 Å². The molecule has 4 rings (SSSR count). The molecule has 0 fully saturated rings. The molecule has 2 aromatic carbocycles. The summed E-state index contributed by atoms with van der Waals surface area (Å²) in [4.78, 5) is 21.1. The molecule has 0 unspecified atom stereocenters. The Labute approximate surface area is 150 Å². The van der Waals surface area contributed by atoms with Gasteiger partial charge in [0.25, 0.3) is 0 Å². The number of esters is 1. The fourth-order valence-corrected chi connectivity index (χ4v) is 2.81. The van der Waals surface area contributed by atoms with Crippen LogP contribution in [0, 0.1) is 0 Å². The van der Waals surface area contributed by atoms with Gasteiger partial charge in [0.1, 0.15) is 0 Å². The number of rotatable bonds is 5. The van der Waals surface area contributed by atoms with Crippen LogP contribution in [0.5, 0.6) is 0 Å². The first-order chi connectivity index (χ1) is 12.8. The minimum Gasteiger partial charge on any atom is -0.461 e. The minimum absolute atomic E-state index is 0.198.